The normalized spacial score (nSPS) is 11.3. The second kappa shape index (κ2) is 5.59. The van der Waals surface area contributed by atoms with Crippen molar-refractivity contribution in [3.05, 3.63) is 64.9 Å². The molecule has 1 N–H and O–H groups in total. The van der Waals surface area contributed by atoms with Gasteiger partial charge in [-0.05, 0) is 35.9 Å². The topological polar surface area (TPSA) is 46.2 Å². The van der Waals surface area contributed by atoms with E-state index in [0.717, 1.165) is 0 Å². The van der Waals surface area contributed by atoms with Crippen molar-refractivity contribution >= 4 is 27.3 Å². The smallest absolute Gasteiger partial charge is 0.236 e. The number of benzene rings is 2. The molecule has 6 heteroatoms. The molecule has 0 atom stereocenters. The second-order valence-corrected chi connectivity index (χ2v) is 6.09. The fraction of sp³-hybridized carbons (Fsp3) is 0.0769. The molecule has 0 bridgehead atoms. The summed E-state index contributed by atoms with van der Waals surface area (Å²) in [5, 5.41) is 0.395. The zero-order valence-corrected chi connectivity index (χ0v) is 11.4. The van der Waals surface area contributed by atoms with Crippen molar-refractivity contribution in [2.75, 3.05) is 4.72 Å². The van der Waals surface area contributed by atoms with Gasteiger partial charge in [0, 0.05) is 10.7 Å². The number of hydrogen-bond acceptors (Lipinski definition) is 2. The Morgan fingerprint density at radius 1 is 1.05 bits per heavy atom. The fourth-order valence-electron chi connectivity index (χ4n) is 1.55. The molecule has 0 radical (unpaired) electrons. The van der Waals surface area contributed by atoms with E-state index in [0.29, 0.717) is 16.3 Å². The van der Waals surface area contributed by atoms with E-state index < -0.39 is 15.8 Å². The van der Waals surface area contributed by atoms with Crippen molar-refractivity contribution < 1.29 is 12.8 Å². The molecule has 0 aliphatic carbocycles. The molecule has 0 unspecified atom stereocenters. The summed E-state index contributed by atoms with van der Waals surface area (Å²) >= 11 is 5.91. The van der Waals surface area contributed by atoms with Crippen LogP contribution in [0.5, 0.6) is 0 Å². The quantitative estimate of drug-likeness (QED) is 0.940. The maximum Gasteiger partial charge on any atom is 0.236 e. The molecule has 0 aliphatic rings. The van der Waals surface area contributed by atoms with Gasteiger partial charge in [0.05, 0.1) is 5.75 Å². The van der Waals surface area contributed by atoms with Crippen LogP contribution in [0.15, 0.2) is 48.5 Å². The van der Waals surface area contributed by atoms with Gasteiger partial charge in [-0.3, -0.25) is 4.72 Å². The molecule has 2 rings (SSSR count). The Kier molecular flexibility index (Phi) is 4.07. The van der Waals surface area contributed by atoms with Crippen LogP contribution in [0.3, 0.4) is 0 Å². The van der Waals surface area contributed by atoms with Crippen molar-refractivity contribution in [2.24, 2.45) is 0 Å². The van der Waals surface area contributed by atoms with E-state index in [1.807, 2.05) is 0 Å². The SMILES string of the molecule is O=S(=O)(Cc1ccccc1Cl)Nc1ccc(F)cc1. The summed E-state index contributed by atoms with van der Waals surface area (Å²) < 4.78 is 39.0. The zero-order valence-electron chi connectivity index (χ0n) is 9.81. The third-order valence-corrected chi connectivity index (χ3v) is 4.03. The standard InChI is InChI=1S/C13H11ClFNO2S/c14-13-4-2-1-3-10(13)9-19(17,18)16-12-7-5-11(15)6-8-12/h1-8,16H,9H2. The van der Waals surface area contributed by atoms with Gasteiger partial charge in [0.1, 0.15) is 5.82 Å². The average molecular weight is 300 g/mol. The highest BCUT2D eigenvalue weighted by atomic mass is 35.5. The van der Waals surface area contributed by atoms with Gasteiger partial charge in [-0.25, -0.2) is 12.8 Å². The first-order valence-electron chi connectivity index (χ1n) is 5.46. The summed E-state index contributed by atoms with van der Waals surface area (Å²) in [4.78, 5) is 0. The summed E-state index contributed by atoms with van der Waals surface area (Å²) in [6, 6.07) is 11.8. The van der Waals surface area contributed by atoms with Gasteiger partial charge in [-0.2, -0.15) is 0 Å². The minimum atomic E-state index is -3.58. The summed E-state index contributed by atoms with van der Waals surface area (Å²) in [5.41, 5.74) is 0.826. The van der Waals surface area contributed by atoms with Crippen molar-refractivity contribution in [1.82, 2.24) is 0 Å². The molecule has 0 aliphatic heterocycles. The van der Waals surface area contributed by atoms with Gasteiger partial charge in [0.25, 0.3) is 0 Å². The minimum absolute atomic E-state index is 0.232. The molecule has 0 fully saturated rings. The lowest BCUT2D eigenvalue weighted by atomic mass is 10.2. The predicted octanol–water partition coefficient (Wildman–Crippen LogP) is 3.42. The highest BCUT2D eigenvalue weighted by Crippen LogP contribution is 2.19. The van der Waals surface area contributed by atoms with Crippen molar-refractivity contribution in [3.63, 3.8) is 0 Å². The Labute approximate surface area is 116 Å². The third kappa shape index (κ3) is 3.94. The molecule has 3 nitrogen and oxygen atoms in total. The molecule has 19 heavy (non-hydrogen) atoms. The van der Waals surface area contributed by atoms with Crippen LogP contribution in [-0.2, 0) is 15.8 Å². The van der Waals surface area contributed by atoms with Crippen LogP contribution in [0.4, 0.5) is 10.1 Å². The Bertz CT molecular complexity index is 671. The van der Waals surface area contributed by atoms with E-state index in [-0.39, 0.29) is 5.75 Å². The Morgan fingerprint density at radius 3 is 2.32 bits per heavy atom. The monoisotopic (exact) mass is 299 g/mol. The number of anilines is 1. The first kappa shape index (κ1) is 13.8. The van der Waals surface area contributed by atoms with E-state index in [9.17, 15) is 12.8 Å². The Hall–Kier alpha value is -1.59. The molecule has 0 saturated heterocycles. The van der Waals surface area contributed by atoms with Gasteiger partial charge >= 0.3 is 0 Å². The summed E-state index contributed by atoms with van der Waals surface area (Å²) in [7, 11) is -3.58. The minimum Gasteiger partial charge on any atom is -0.283 e. The van der Waals surface area contributed by atoms with E-state index in [4.69, 9.17) is 11.6 Å². The molecule has 0 spiro atoms. The van der Waals surface area contributed by atoms with E-state index >= 15 is 0 Å². The molecule has 0 heterocycles. The molecule has 2 aromatic carbocycles. The van der Waals surface area contributed by atoms with Crippen molar-refractivity contribution in [2.45, 2.75) is 5.75 Å². The first-order valence-corrected chi connectivity index (χ1v) is 7.49. The molecule has 0 saturated carbocycles. The van der Waals surface area contributed by atoms with Gasteiger partial charge in [-0.1, -0.05) is 29.8 Å². The van der Waals surface area contributed by atoms with Crippen molar-refractivity contribution in [3.8, 4) is 0 Å². The number of hydrogen-bond donors (Lipinski definition) is 1. The lowest BCUT2D eigenvalue weighted by Gasteiger charge is -2.09. The highest BCUT2D eigenvalue weighted by Gasteiger charge is 2.13. The van der Waals surface area contributed by atoms with Crippen LogP contribution in [0.25, 0.3) is 0 Å². The molecule has 2 aromatic rings. The van der Waals surface area contributed by atoms with Crippen LogP contribution in [0.2, 0.25) is 5.02 Å². The van der Waals surface area contributed by atoms with Gasteiger partial charge in [0.15, 0.2) is 0 Å². The Morgan fingerprint density at radius 2 is 1.68 bits per heavy atom. The van der Waals surface area contributed by atoms with E-state index in [2.05, 4.69) is 4.72 Å². The first-order chi connectivity index (χ1) is 8.96. The molecule has 0 amide bonds. The van der Waals surface area contributed by atoms with Crippen LogP contribution >= 0.6 is 11.6 Å². The van der Waals surface area contributed by atoms with Gasteiger partial charge < -0.3 is 0 Å². The van der Waals surface area contributed by atoms with E-state index in [1.165, 1.54) is 24.3 Å². The summed E-state index contributed by atoms with van der Waals surface area (Å²) in [6.45, 7) is 0. The molecular weight excluding hydrogens is 289 g/mol. The number of halogens is 2. The van der Waals surface area contributed by atoms with Gasteiger partial charge in [0.2, 0.25) is 10.0 Å². The summed E-state index contributed by atoms with van der Waals surface area (Å²) in [5.74, 6) is -0.654. The van der Waals surface area contributed by atoms with Crippen molar-refractivity contribution in [1.29, 1.82) is 0 Å². The number of sulfonamides is 1. The molecular formula is C13H11ClFNO2S. The molecule has 100 valence electrons. The zero-order chi connectivity index (χ0) is 13.9. The summed E-state index contributed by atoms with van der Waals surface area (Å²) in [6.07, 6.45) is 0. The van der Waals surface area contributed by atoms with Crippen LogP contribution in [-0.4, -0.2) is 8.42 Å². The fourth-order valence-corrected chi connectivity index (χ4v) is 3.06. The largest absolute Gasteiger partial charge is 0.283 e. The average Bonchev–Trinajstić information content (AvgIpc) is 2.35. The number of rotatable bonds is 4. The lowest BCUT2D eigenvalue weighted by Crippen LogP contribution is -2.15. The number of nitrogens with one attached hydrogen (secondary N) is 1. The second-order valence-electron chi connectivity index (χ2n) is 3.96. The maximum absolute atomic E-state index is 12.7. The molecule has 0 aromatic heterocycles. The van der Waals surface area contributed by atoms with E-state index in [1.54, 1.807) is 24.3 Å². The predicted molar refractivity (Wildman–Crippen MR) is 74.1 cm³/mol. The lowest BCUT2D eigenvalue weighted by molar-refractivity contribution is 0.600. The van der Waals surface area contributed by atoms with Crippen LogP contribution < -0.4 is 4.72 Å². The highest BCUT2D eigenvalue weighted by molar-refractivity contribution is 7.91. The Balaban J connectivity index is 2.15. The third-order valence-electron chi connectivity index (χ3n) is 2.42. The van der Waals surface area contributed by atoms with Crippen LogP contribution in [0, 0.1) is 5.82 Å². The van der Waals surface area contributed by atoms with Crippen LogP contribution in [0.1, 0.15) is 5.56 Å². The van der Waals surface area contributed by atoms with Gasteiger partial charge in [-0.15, -0.1) is 0 Å². The maximum atomic E-state index is 12.7.